The second kappa shape index (κ2) is 6.22. The van der Waals surface area contributed by atoms with Gasteiger partial charge in [-0.25, -0.2) is 4.39 Å². The molecule has 0 fully saturated rings. The topological polar surface area (TPSA) is 29.1 Å². The molecule has 0 saturated carbocycles. The van der Waals surface area contributed by atoms with E-state index in [1.54, 1.807) is 0 Å². The number of alkyl halides is 1. The maximum Gasteiger partial charge on any atom is 0.252 e. The number of rotatable bonds is 4. The van der Waals surface area contributed by atoms with Crippen LogP contribution in [0.15, 0.2) is 18.2 Å². The van der Waals surface area contributed by atoms with Crippen molar-refractivity contribution in [3.8, 4) is 0 Å². The van der Waals surface area contributed by atoms with Crippen molar-refractivity contribution in [2.75, 3.05) is 6.54 Å². The predicted octanol–water partition coefficient (Wildman–Crippen LogP) is 3.47. The first-order chi connectivity index (χ1) is 7.93. The molecule has 5 heteroatoms. The van der Waals surface area contributed by atoms with Crippen molar-refractivity contribution in [1.29, 1.82) is 0 Å². The zero-order valence-corrected chi connectivity index (χ0v) is 11.1. The number of halogens is 3. The lowest BCUT2D eigenvalue weighted by atomic mass is 10.1. The Morgan fingerprint density at radius 1 is 1.47 bits per heavy atom. The zero-order valence-electron chi connectivity index (χ0n) is 9.64. The van der Waals surface area contributed by atoms with Crippen LogP contribution in [-0.4, -0.2) is 17.8 Å². The molecule has 0 aliphatic heterocycles. The van der Waals surface area contributed by atoms with E-state index in [0.717, 1.165) is 0 Å². The summed E-state index contributed by atoms with van der Waals surface area (Å²) in [6, 6.07) is 4.12. The highest BCUT2D eigenvalue weighted by Crippen LogP contribution is 2.19. The fourth-order valence-corrected chi connectivity index (χ4v) is 1.49. The van der Waals surface area contributed by atoms with Crippen LogP contribution in [0.25, 0.3) is 0 Å². The van der Waals surface area contributed by atoms with Crippen LogP contribution in [0, 0.1) is 11.7 Å². The van der Waals surface area contributed by atoms with Gasteiger partial charge in [-0.05, 0) is 18.1 Å². The molecule has 2 nitrogen and oxygen atoms in total. The fourth-order valence-electron chi connectivity index (χ4n) is 1.20. The number of benzene rings is 1. The van der Waals surface area contributed by atoms with Gasteiger partial charge in [0.2, 0.25) is 0 Å². The minimum absolute atomic E-state index is 0.124. The Bertz CT molecular complexity index is 409. The lowest BCUT2D eigenvalue weighted by Crippen LogP contribution is -2.32. The van der Waals surface area contributed by atoms with Crippen molar-refractivity contribution in [3.63, 3.8) is 0 Å². The molecule has 1 aromatic carbocycles. The number of carbonyl (C=O) groups excluding carboxylic acids is 1. The van der Waals surface area contributed by atoms with Crippen molar-refractivity contribution in [2.24, 2.45) is 5.92 Å². The third-order valence-electron chi connectivity index (χ3n) is 2.38. The Labute approximate surface area is 110 Å². The van der Waals surface area contributed by atoms with Gasteiger partial charge >= 0.3 is 0 Å². The zero-order chi connectivity index (χ0) is 13.0. The molecule has 0 aliphatic carbocycles. The van der Waals surface area contributed by atoms with Gasteiger partial charge < -0.3 is 5.32 Å². The van der Waals surface area contributed by atoms with E-state index < -0.39 is 11.7 Å². The van der Waals surface area contributed by atoms with Crippen molar-refractivity contribution in [3.05, 3.63) is 34.6 Å². The third-order valence-corrected chi connectivity index (χ3v) is 3.42. The van der Waals surface area contributed by atoms with Gasteiger partial charge in [-0.2, -0.15) is 0 Å². The van der Waals surface area contributed by atoms with E-state index in [9.17, 15) is 9.18 Å². The Morgan fingerprint density at radius 3 is 2.71 bits per heavy atom. The molecule has 0 aromatic heterocycles. The fraction of sp³-hybridized carbons (Fsp3) is 0.417. The van der Waals surface area contributed by atoms with E-state index in [1.807, 2.05) is 13.8 Å². The number of hydrogen-bond donors (Lipinski definition) is 1. The summed E-state index contributed by atoms with van der Waals surface area (Å²) in [5.41, 5.74) is 0.124. The molecule has 1 rings (SSSR count). The summed E-state index contributed by atoms with van der Waals surface area (Å²) >= 11 is 11.7. The number of nitrogens with one attached hydrogen (secondary N) is 1. The summed E-state index contributed by atoms with van der Waals surface area (Å²) in [4.78, 5) is 11.7. The van der Waals surface area contributed by atoms with Crippen LogP contribution in [0.1, 0.15) is 24.2 Å². The second-order valence-electron chi connectivity index (χ2n) is 4.07. The monoisotopic (exact) mass is 277 g/mol. The Kier molecular flexibility index (Phi) is 5.22. The van der Waals surface area contributed by atoms with Crippen molar-refractivity contribution < 1.29 is 9.18 Å². The summed E-state index contributed by atoms with van der Waals surface area (Å²) in [5.74, 6) is -0.772. The quantitative estimate of drug-likeness (QED) is 0.839. The minimum atomic E-state index is -0.606. The molecule has 0 bridgehead atoms. The Balaban J connectivity index is 2.68. The van der Waals surface area contributed by atoms with Crippen molar-refractivity contribution >= 4 is 29.1 Å². The van der Waals surface area contributed by atoms with Crippen molar-refractivity contribution in [1.82, 2.24) is 5.32 Å². The normalized spacial score (nSPS) is 12.6. The average Bonchev–Trinajstić information content (AvgIpc) is 2.29. The van der Waals surface area contributed by atoms with Gasteiger partial charge in [-0.3, -0.25) is 4.79 Å². The van der Waals surface area contributed by atoms with Crippen LogP contribution in [0.2, 0.25) is 5.02 Å². The molecule has 1 aromatic rings. The minimum Gasteiger partial charge on any atom is -0.350 e. The van der Waals surface area contributed by atoms with Gasteiger partial charge in [0.15, 0.2) is 0 Å². The number of hydrogen-bond acceptors (Lipinski definition) is 1. The van der Waals surface area contributed by atoms with Gasteiger partial charge in [0.25, 0.3) is 5.91 Å². The maximum atomic E-state index is 13.1. The van der Waals surface area contributed by atoms with E-state index in [4.69, 9.17) is 23.2 Å². The third kappa shape index (κ3) is 3.86. The molecule has 1 N–H and O–H groups in total. The summed E-state index contributed by atoms with van der Waals surface area (Å²) in [6.07, 6.45) is 0. The molecule has 94 valence electrons. The Morgan fingerprint density at radius 2 is 2.12 bits per heavy atom. The van der Waals surface area contributed by atoms with Crippen LogP contribution < -0.4 is 5.32 Å². The molecular formula is C12H14Cl2FNO. The molecule has 0 saturated heterocycles. The molecule has 0 radical (unpaired) electrons. The van der Waals surface area contributed by atoms with Crippen LogP contribution in [-0.2, 0) is 0 Å². The van der Waals surface area contributed by atoms with Gasteiger partial charge in [-0.1, -0.05) is 31.5 Å². The largest absolute Gasteiger partial charge is 0.350 e. The van der Waals surface area contributed by atoms with Gasteiger partial charge in [0, 0.05) is 6.54 Å². The molecule has 1 unspecified atom stereocenters. The summed E-state index contributed by atoms with van der Waals surface area (Å²) < 4.78 is 13.1. The second-order valence-corrected chi connectivity index (χ2v) is 5.01. The molecule has 0 aliphatic rings. The average molecular weight is 278 g/mol. The van der Waals surface area contributed by atoms with Crippen LogP contribution in [0.3, 0.4) is 0 Å². The highest BCUT2D eigenvalue weighted by molar-refractivity contribution is 6.34. The first kappa shape index (κ1) is 14.3. The van der Waals surface area contributed by atoms with Crippen LogP contribution in [0.5, 0.6) is 0 Å². The number of amides is 1. The van der Waals surface area contributed by atoms with Gasteiger partial charge in [0.1, 0.15) is 5.82 Å². The highest BCUT2D eigenvalue weighted by atomic mass is 35.5. The molecule has 17 heavy (non-hydrogen) atoms. The summed E-state index contributed by atoms with van der Waals surface area (Å²) in [5, 5.41) is 2.30. The standard InChI is InChI=1S/C12H14Cl2FNO/c1-7(2)9(13)6-16-12(17)8-4-3-5-10(15)11(8)14/h3-5,7,9H,6H2,1-2H3,(H,16,17). The molecule has 1 amide bonds. The van der Waals surface area contributed by atoms with E-state index >= 15 is 0 Å². The Hall–Kier alpha value is -0.800. The summed E-state index contributed by atoms with van der Waals surface area (Å²) in [6.45, 7) is 4.24. The van der Waals surface area contributed by atoms with E-state index in [-0.39, 0.29) is 21.9 Å². The first-order valence-corrected chi connectivity index (χ1v) is 6.11. The molecular weight excluding hydrogens is 264 g/mol. The summed E-state index contributed by atoms with van der Waals surface area (Å²) in [7, 11) is 0. The number of carbonyl (C=O) groups is 1. The van der Waals surface area contributed by atoms with Gasteiger partial charge in [0.05, 0.1) is 16.0 Å². The maximum absolute atomic E-state index is 13.1. The van der Waals surface area contributed by atoms with Gasteiger partial charge in [-0.15, -0.1) is 11.6 Å². The molecule has 1 atom stereocenters. The van der Waals surface area contributed by atoms with E-state index in [1.165, 1.54) is 18.2 Å². The van der Waals surface area contributed by atoms with E-state index in [0.29, 0.717) is 6.54 Å². The van der Waals surface area contributed by atoms with E-state index in [2.05, 4.69) is 5.32 Å². The van der Waals surface area contributed by atoms with Crippen LogP contribution >= 0.6 is 23.2 Å². The van der Waals surface area contributed by atoms with Crippen molar-refractivity contribution in [2.45, 2.75) is 19.2 Å². The predicted molar refractivity (Wildman–Crippen MR) is 68.2 cm³/mol. The molecule has 0 spiro atoms. The lowest BCUT2D eigenvalue weighted by Gasteiger charge is -2.14. The van der Waals surface area contributed by atoms with Crippen LogP contribution in [0.4, 0.5) is 4.39 Å². The smallest absolute Gasteiger partial charge is 0.252 e. The highest BCUT2D eigenvalue weighted by Gasteiger charge is 2.15. The molecule has 0 heterocycles. The SMILES string of the molecule is CC(C)C(Cl)CNC(=O)c1cccc(F)c1Cl. The first-order valence-electron chi connectivity index (χ1n) is 5.29. The lowest BCUT2D eigenvalue weighted by molar-refractivity contribution is 0.0952.